The van der Waals surface area contributed by atoms with Gasteiger partial charge in [-0.1, -0.05) is 121 Å². The van der Waals surface area contributed by atoms with Crippen molar-refractivity contribution in [2.75, 3.05) is 0 Å². The lowest BCUT2D eigenvalue weighted by Crippen LogP contribution is -2.07. The summed E-state index contributed by atoms with van der Waals surface area (Å²) in [4.78, 5) is 18.3. The lowest BCUT2D eigenvalue weighted by Gasteiger charge is -2.11. The Morgan fingerprint density at radius 2 is 1.03 bits per heavy atom. The van der Waals surface area contributed by atoms with Crippen molar-refractivity contribution in [3.63, 3.8) is 0 Å². The molecule has 158 valence electrons. The number of benzene rings is 4. The minimum Gasteiger partial charge on any atom is -0.421 e. The van der Waals surface area contributed by atoms with Crippen molar-refractivity contribution in [3.8, 4) is 22.5 Å². The van der Waals surface area contributed by atoms with Gasteiger partial charge in [-0.15, -0.1) is 0 Å². The lowest BCUT2D eigenvalue weighted by atomic mass is 10.0. The van der Waals surface area contributed by atoms with Crippen molar-refractivity contribution in [2.24, 2.45) is 4.99 Å². The Bertz CT molecular complexity index is 1400. The topological polar surface area (TPSA) is 42.6 Å². The van der Waals surface area contributed by atoms with E-state index in [9.17, 15) is 4.79 Å². The summed E-state index contributed by atoms with van der Waals surface area (Å²) in [7, 11) is 0. The molecule has 0 radical (unpaired) electrons. The summed E-state index contributed by atoms with van der Waals surface area (Å²) in [6.45, 7) is 0. The average molecular weight is 428 g/mol. The van der Waals surface area contributed by atoms with E-state index in [2.05, 4.69) is 0 Å². The average Bonchev–Trinajstić information content (AvgIpc) is 2.89. The highest BCUT2D eigenvalue weighted by Crippen LogP contribution is 2.32. The molecule has 0 unspecified atom stereocenters. The molecule has 0 spiro atoms. The summed E-state index contributed by atoms with van der Waals surface area (Å²) in [5.74, 6) is 0.513. The highest BCUT2D eigenvalue weighted by molar-refractivity contribution is 6.14. The molecule has 0 saturated carbocycles. The smallest absolute Gasteiger partial charge is 0.363 e. The van der Waals surface area contributed by atoms with E-state index in [4.69, 9.17) is 9.41 Å². The fourth-order valence-corrected chi connectivity index (χ4v) is 3.78. The van der Waals surface area contributed by atoms with E-state index in [0.29, 0.717) is 11.5 Å². The first kappa shape index (κ1) is 20.4. The Morgan fingerprint density at radius 3 is 1.55 bits per heavy atom. The molecule has 1 heterocycles. The molecule has 0 N–H and O–H groups in total. The van der Waals surface area contributed by atoms with Gasteiger partial charge in [0.05, 0.1) is 5.71 Å². The van der Waals surface area contributed by atoms with Gasteiger partial charge in [0.25, 0.3) is 0 Å². The second-order valence-corrected chi connectivity index (χ2v) is 7.58. The number of nitrogens with zero attached hydrogens (tertiary/aromatic N) is 1. The van der Waals surface area contributed by atoms with Crippen LogP contribution in [0.4, 0.5) is 5.69 Å². The second kappa shape index (κ2) is 9.33. The SMILES string of the molecule is O=c1oc(-c2ccccc2)cc(-c2ccccc2)c1N=C(c1ccccc1)c1ccccc1. The van der Waals surface area contributed by atoms with Crippen molar-refractivity contribution in [1.29, 1.82) is 0 Å². The van der Waals surface area contributed by atoms with Gasteiger partial charge in [-0.05, 0) is 11.6 Å². The molecular weight excluding hydrogens is 406 g/mol. The van der Waals surface area contributed by atoms with E-state index >= 15 is 0 Å². The van der Waals surface area contributed by atoms with Gasteiger partial charge in [-0.25, -0.2) is 9.79 Å². The van der Waals surface area contributed by atoms with Crippen LogP contribution in [0.15, 0.2) is 142 Å². The molecule has 3 nitrogen and oxygen atoms in total. The van der Waals surface area contributed by atoms with Crippen molar-refractivity contribution >= 4 is 11.4 Å². The van der Waals surface area contributed by atoms with Crippen LogP contribution in [-0.4, -0.2) is 5.71 Å². The zero-order chi connectivity index (χ0) is 22.5. The summed E-state index contributed by atoms with van der Waals surface area (Å²) in [6, 6.07) is 41.1. The maximum absolute atomic E-state index is 13.3. The van der Waals surface area contributed by atoms with Crippen LogP contribution in [0.1, 0.15) is 11.1 Å². The molecule has 0 saturated heterocycles. The first-order chi connectivity index (χ1) is 16.3. The standard InChI is InChI=1S/C30H21NO2/c32-30-29(31-28(24-17-9-3-10-18-24)25-19-11-4-12-20-25)26(22-13-5-1-6-14-22)21-27(33-30)23-15-7-2-8-16-23/h1-21H. The van der Waals surface area contributed by atoms with E-state index in [1.165, 1.54) is 0 Å². The van der Waals surface area contributed by atoms with E-state index in [-0.39, 0.29) is 5.69 Å². The Kier molecular flexibility index (Phi) is 5.77. The molecule has 0 fully saturated rings. The normalized spacial score (nSPS) is 10.5. The molecule has 4 aromatic carbocycles. The van der Waals surface area contributed by atoms with E-state index in [1.807, 2.05) is 127 Å². The molecule has 33 heavy (non-hydrogen) atoms. The van der Waals surface area contributed by atoms with Gasteiger partial charge in [0.1, 0.15) is 5.76 Å². The van der Waals surface area contributed by atoms with Crippen LogP contribution in [0.5, 0.6) is 0 Å². The first-order valence-electron chi connectivity index (χ1n) is 10.8. The summed E-state index contributed by atoms with van der Waals surface area (Å²) in [6.07, 6.45) is 0. The maximum atomic E-state index is 13.3. The van der Waals surface area contributed by atoms with Crippen LogP contribution < -0.4 is 5.63 Å². The van der Waals surface area contributed by atoms with Gasteiger partial charge in [0.15, 0.2) is 5.69 Å². The number of rotatable bonds is 5. The lowest BCUT2D eigenvalue weighted by molar-refractivity contribution is 0.528. The van der Waals surface area contributed by atoms with Gasteiger partial charge < -0.3 is 4.42 Å². The van der Waals surface area contributed by atoms with Crippen LogP contribution in [0, 0.1) is 0 Å². The predicted octanol–water partition coefficient (Wildman–Crippen LogP) is 7.14. The summed E-state index contributed by atoms with van der Waals surface area (Å²) >= 11 is 0. The van der Waals surface area contributed by atoms with Gasteiger partial charge in [-0.2, -0.15) is 0 Å². The number of hydrogen-bond acceptors (Lipinski definition) is 3. The Labute approximate surface area is 192 Å². The largest absolute Gasteiger partial charge is 0.421 e. The minimum absolute atomic E-state index is 0.281. The quantitative estimate of drug-likeness (QED) is 0.280. The summed E-state index contributed by atoms with van der Waals surface area (Å²) in [5, 5.41) is 0. The summed E-state index contributed by atoms with van der Waals surface area (Å²) in [5.41, 5.74) is 4.85. The molecule has 0 atom stereocenters. The molecule has 0 aliphatic rings. The molecule has 0 amide bonds. The molecule has 0 bridgehead atoms. The van der Waals surface area contributed by atoms with E-state index < -0.39 is 5.63 Å². The zero-order valence-corrected chi connectivity index (χ0v) is 17.9. The second-order valence-electron chi connectivity index (χ2n) is 7.58. The third-order valence-electron chi connectivity index (χ3n) is 5.39. The molecule has 5 rings (SSSR count). The fraction of sp³-hybridized carbons (Fsp3) is 0. The van der Waals surface area contributed by atoms with Crippen molar-refractivity contribution < 1.29 is 4.42 Å². The highest BCUT2D eigenvalue weighted by Gasteiger charge is 2.16. The van der Waals surface area contributed by atoms with Crippen molar-refractivity contribution in [1.82, 2.24) is 0 Å². The van der Waals surface area contributed by atoms with Crippen LogP contribution in [0.2, 0.25) is 0 Å². The monoisotopic (exact) mass is 427 g/mol. The molecule has 0 aliphatic carbocycles. The maximum Gasteiger partial charge on any atom is 0.363 e. The van der Waals surface area contributed by atoms with Gasteiger partial charge in [-0.3, -0.25) is 0 Å². The number of aliphatic imine (C=N–C) groups is 1. The summed E-state index contributed by atoms with van der Waals surface area (Å²) < 4.78 is 5.77. The van der Waals surface area contributed by atoms with E-state index in [1.54, 1.807) is 0 Å². The fourth-order valence-electron chi connectivity index (χ4n) is 3.78. The Morgan fingerprint density at radius 1 is 0.576 bits per heavy atom. The van der Waals surface area contributed by atoms with Gasteiger partial charge in [0, 0.05) is 22.3 Å². The van der Waals surface area contributed by atoms with Crippen LogP contribution in [-0.2, 0) is 0 Å². The minimum atomic E-state index is -0.473. The third-order valence-corrected chi connectivity index (χ3v) is 5.39. The molecule has 0 aliphatic heterocycles. The van der Waals surface area contributed by atoms with Gasteiger partial charge in [0.2, 0.25) is 0 Å². The predicted molar refractivity (Wildman–Crippen MR) is 134 cm³/mol. The van der Waals surface area contributed by atoms with Crippen LogP contribution in [0.3, 0.4) is 0 Å². The number of hydrogen-bond donors (Lipinski definition) is 0. The molecule has 5 aromatic rings. The van der Waals surface area contributed by atoms with Crippen molar-refractivity contribution in [3.05, 3.63) is 149 Å². The van der Waals surface area contributed by atoms with Crippen LogP contribution >= 0.6 is 0 Å². The Balaban J connectivity index is 1.77. The molecule has 1 aromatic heterocycles. The van der Waals surface area contributed by atoms with E-state index in [0.717, 1.165) is 27.8 Å². The highest BCUT2D eigenvalue weighted by atomic mass is 16.4. The Hall–Kier alpha value is -4.50. The van der Waals surface area contributed by atoms with Gasteiger partial charge >= 0.3 is 5.63 Å². The zero-order valence-electron chi connectivity index (χ0n) is 17.9. The van der Waals surface area contributed by atoms with Crippen molar-refractivity contribution in [2.45, 2.75) is 0 Å². The van der Waals surface area contributed by atoms with Crippen LogP contribution in [0.25, 0.3) is 22.5 Å². The third kappa shape index (κ3) is 4.43. The molecule has 3 heteroatoms. The first-order valence-corrected chi connectivity index (χ1v) is 10.8. The molecular formula is C30H21NO2.